The lowest BCUT2D eigenvalue weighted by atomic mass is 9.79. The molecule has 4 atom stereocenters. The number of carboxylic acids is 1. The minimum absolute atomic E-state index is 0.327. The molecule has 25 heavy (non-hydrogen) atoms. The molecule has 0 radical (unpaired) electrons. The van der Waals surface area contributed by atoms with E-state index in [9.17, 15) is 35.1 Å². The number of carbonyl (C=O) groups excluding carboxylic acids is 1. The molecule has 0 aromatic heterocycles. The van der Waals surface area contributed by atoms with E-state index in [1.807, 2.05) is 0 Å². The third-order valence-corrected chi connectivity index (χ3v) is 3.94. The minimum atomic E-state index is -2.31. The first-order chi connectivity index (χ1) is 11.6. The van der Waals surface area contributed by atoms with Gasteiger partial charge >= 0.3 is 11.9 Å². The van der Waals surface area contributed by atoms with Gasteiger partial charge in [0.2, 0.25) is 0 Å². The van der Waals surface area contributed by atoms with Crippen molar-refractivity contribution in [3.8, 4) is 11.5 Å². The van der Waals surface area contributed by atoms with E-state index in [2.05, 4.69) is 0 Å². The van der Waals surface area contributed by atoms with Crippen molar-refractivity contribution in [1.29, 1.82) is 0 Å². The Labute approximate surface area is 142 Å². The number of aliphatic carboxylic acids is 1. The number of carboxylic acid groups (broad SMARTS) is 1. The van der Waals surface area contributed by atoms with Gasteiger partial charge in [-0.15, -0.1) is 0 Å². The predicted octanol–water partition coefficient (Wildman–Crippen LogP) is -0.646. The number of esters is 1. The summed E-state index contributed by atoms with van der Waals surface area (Å²) in [4.78, 5) is 22.9. The average molecular weight is 354 g/mol. The maximum absolute atomic E-state index is 11.8. The molecule has 0 heterocycles. The summed E-state index contributed by atoms with van der Waals surface area (Å²) in [6.45, 7) is 0. The molecule has 9 nitrogen and oxygen atoms in total. The van der Waals surface area contributed by atoms with E-state index in [0.29, 0.717) is 5.56 Å². The predicted molar refractivity (Wildman–Crippen MR) is 82.5 cm³/mol. The number of hydrogen-bond acceptors (Lipinski definition) is 8. The highest BCUT2D eigenvalue weighted by atomic mass is 16.6. The van der Waals surface area contributed by atoms with E-state index in [1.165, 1.54) is 24.3 Å². The fourth-order valence-electron chi connectivity index (χ4n) is 2.53. The van der Waals surface area contributed by atoms with Crippen molar-refractivity contribution in [1.82, 2.24) is 0 Å². The summed E-state index contributed by atoms with van der Waals surface area (Å²) in [5, 5.41) is 57.0. The Morgan fingerprint density at radius 3 is 2.44 bits per heavy atom. The Bertz CT molecular complexity index is 699. The number of hydrogen-bond donors (Lipinski definition) is 6. The van der Waals surface area contributed by atoms with Crippen molar-refractivity contribution in [3.05, 3.63) is 29.8 Å². The second-order valence-corrected chi connectivity index (χ2v) is 5.86. The van der Waals surface area contributed by atoms with Gasteiger partial charge in [-0.25, -0.2) is 9.59 Å². The number of benzene rings is 1. The molecule has 9 heteroatoms. The summed E-state index contributed by atoms with van der Waals surface area (Å²) in [5.74, 6) is -3.24. The highest BCUT2D eigenvalue weighted by Gasteiger charge is 2.50. The Kier molecular flexibility index (Phi) is 5.31. The van der Waals surface area contributed by atoms with Gasteiger partial charge in [-0.1, -0.05) is 6.07 Å². The molecule has 1 aromatic rings. The number of rotatable bonds is 4. The average Bonchev–Trinajstić information content (AvgIpc) is 2.53. The number of aromatic hydroxyl groups is 2. The van der Waals surface area contributed by atoms with Crippen LogP contribution in [-0.4, -0.2) is 66.5 Å². The van der Waals surface area contributed by atoms with Crippen molar-refractivity contribution in [2.45, 2.75) is 36.8 Å². The maximum Gasteiger partial charge on any atom is 0.335 e. The van der Waals surface area contributed by atoms with Gasteiger partial charge in [-0.2, -0.15) is 0 Å². The van der Waals surface area contributed by atoms with Crippen LogP contribution in [0.4, 0.5) is 0 Å². The standard InChI is InChI=1S/C16H18O9/c17-9-3-1-8(5-10(9)18)2-4-13(20)25-12-7-16(24,15(22)23)6-11(19)14(12)21/h1-5,11-12,14,17-19,21,24H,6-7H2,(H,22,23)/t11-,12+,14+,16+/m0/s1. The van der Waals surface area contributed by atoms with Crippen LogP contribution < -0.4 is 0 Å². The number of aliphatic hydroxyl groups is 3. The molecule has 2 rings (SSSR count). The van der Waals surface area contributed by atoms with Gasteiger partial charge in [-0.05, 0) is 23.8 Å². The molecule has 0 unspecified atom stereocenters. The first-order valence-electron chi connectivity index (χ1n) is 7.35. The molecule has 1 fully saturated rings. The molecule has 0 amide bonds. The molecule has 6 N–H and O–H groups in total. The molecule has 1 aromatic carbocycles. The van der Waals surface area contributed by atoms with E-state index in [1.54, 1.807) is 0 Å². The third-order valence-electron chi connectivity index (χ3n) is 3.94. The molecule has 0 bridgehead atoms. The first-order valence-corrected chi connectivity index (χ1v) is 7.35. The van der Waals surface area contributed by atoms with Crippen LogP contribution in [0.15, 0.2) is 24.3 Å². The van der Waals surface area contributed by atoms with Crippen molar-refractivity contribution in [3.63, 3.8) is 0 Å². The van der Waals surface area contributed by atoms with Crippen LogP contribution in [0.2, 0.25) is 0 Å². The highest BCUT2D eigenvalue weighted by molar-refractivity contribution is 5.87. The largest absolute Gasteiger partial charge is 0.504 e. The molecule has 1 aliphatic rings. The lowest BCUT2D eigenvalue weighted by Gasteiger charge is -2.39. The number of carbonyl (C=O) groups is 2. The SMILES string of the molecule is O=C(C=Cc1ccc(O)c(O)c1)O[C@@H]1C[C@@](O)(C(=O)O)C[C@H](O)[C@H]1O. The molecular weight excluding hydrogens is 336 g/mol. The zero-order valence-electron chi connectivity index (χ0n) is 12.9. The van der Waals surface area contributed by atoms with Crippen molar-refractivity contribution < 1.29 is 45.0 Å². The molecule has 0 spiro atoms. The summed E-state index contributed by atoms with van der Waals surface area (Å²) in [6, 6.07) is 3.83. The van der Waals surface area contributed by atoms with Crippen LogP contribution >= 0.6 is 0 Å². The second-order valence-electron chi connectivity index (χ2n) is 5.86. The second kappa shape index (κ2) is 7.09. The Balaban J connectivity index is 2.06. The molecule has 1 aliphatic carbocycles. The fraction of sp³-hybridized carbons (Fsp3) is 0.375. The van der Waals surface area contributed by atoms with Gasteiger partial charge in [0.05, 0.1) is 6.10 Å². The lowest BCUT2D eigenvalue weighted by Crippen LogP contribution is -2.57. The van der Waals surface area contributed by atoms with E-state index in [-0.39, 0.29) is 11.5 Å². The summed E-state index contributed by atoms with van der Waals surface area (Å²) >= 11 is 0. The molecular formula is C16H18O9. The van der Waals surface area contributed by atoms with E-state index < -0.39 is 48.7 Å². The van der Waals surface area contributed by atoms with Crippen molar-refractivity contribution in [2.24, 2.45) is 0 Å². The minimum Gasteiger partial charge on any atom is -0.504 e. The number of ether oxygens (including phenoxy) is 1. The summed E-state index contributed by atoms with van der Waals surface area (Å²) < 4.78 is 4.92. The van der Waals surface area contributed by atoms with Crippen LogP contribution in [-0.2, 0) is 14.3 Å². The van der Waals surface area contributed by atoms with Crippen LogP contribution in [0.25, 0.3) is 6.08 Å². The van der Waals surface area contributed by atoms with Crippen LogP contribution in [0, 0.1) is 0 Å². The summed E-state index contributed by atoms with van der Waals surface area (Å²) in [6.07, 6.45) is -3.44. The third kappa shape index (κ3) is 4.27. The smallest absolute Gasteiger partial charge is 0.335 e. The van der Waals surface area contributed by atoms with Gasteiger partial charge in [0, 0.05) is 18.9 Å². The number of phenolic OH excluding ortho intramolecular Hbond substituents is 2. The molecule has 0 aliphatic heterocycles. The van der Waals surface area contributed by atoms with Crippen LogP contribution in [0.1, 0.15) is 18.4 Å². The normalized spacial score (nSPS) is 29.5. The Hall–Kier alpha value is -2.62. The quantitative estimate of drug-likeness (QED) is 0.234. The first kappa shape index (κ1) is 18.7. The van der Waals surface area contributed by atoms with E-state index in [4.69, 9.17) is 9.84 Å². The Morgan fingerprint density at radius 2 is 1.84 bits per heavy atom. The van der Waals surface area contributed by atoms with E-state index >= 15 is 0 Å². The van der Waals surface area contributed by atoms with Gasteiger partial charge in [0.1, 0.15) is 12.2 Å². The van der Waals surface area contributed by atoms with Gasteiger partial charge < -0.3 is 35.4 Å². The van der Waals surface area contributed by atoms with Crippen LogP contribution in [0.3, 0.4) is 0 Å². The topological polar surface area (TPSA) is 165 Å². The van der Waals surface area contributed by atoms with Crippen LogP contribution in [0.5, 0.6) is 11.5 Å². The van der Waals surface area contributed by atoms with Gasteiger partial charge in [-0.3, -0.25) is 0 Å². The molecule has 0 saturated heterocycles. The van der Waals surface area contributed by atoms with Crippen molar-refractivity contribution in [2.75, 3.05) is 0 Å². The Morgan fingerprint density at radius 1 is 1.16 bits per heavy atom. The molecule has 136 valence electrons. The van der Waals surface area contributed by atoms with Gasteiger partial charge in [0.25, 0.3) is 0 Å². The van der Waals surface area contributed by atoms with Gasteiger partial charge in [0.15, 0.2) is 17.1 Å². The lowest BCUT2D eigenvalue weighted by molar-refractivity contribution is -0.196. The highest BCUT2D eigenvalue weighted by Crippen LogP contribution is 2.31. The number of aliphatic hydroxyl groups excluding tert-OH is 2. The number of phenols is 2. The van der Waals surface area contributed by atoms with Crippen molar-refractivity contribution >= 4 is 18.0 Å². The zero-order valence-corrected chi connectivity index (χ0v) is 12.9. The maximum atomic E-state index is 11.8. The van der Waals surface area contributed by atoms with E-state index in [0.717, 1.165) is 6.08 Å². The molecule has 1 saturated carbocycles. The zero-order chi connectivity index (χ0) is 18.8. The fourth-order valence-corrected chi connectivity index (χ4v) is 2.53. The monoisotopic (exact) mass is 354 g/mol. The summed E-state index contributed by atoms with van der Waals surface area (Å²) in [5.41, 5.74) is -1.94. The summed E-state index contributed by atoms with van der Waals surface area (Å²) in [7, 11) is 0.